The van der Waals surface area contributed by atoms with Crippen LogP contribution in [0.2, 0.25) is 0 Å². The highest BCUT2D eigenvalue weighted by atomic mass is 16.5. The van der Waals surface area contributed by atoms with Gasteiger partial charge in [-0.1, -0.05) is 6.07 Å². The molecular formula is C25H28N2O5. The molecule has 2 aromatic carbocycles. The predicted octanol–water partition coefficient (Wildman–Crippen LogP) is 3.39. The highest BCUT2D eigenvalue weighted by Crippen LogP contribution is 2.36. The maximum atomic E-state index is 11.6. The summed E-state index contributed by atoms with van der Waals surface area (Å²) >= 11 is 0. The highest BCUT2D eigenvalue weighted by molar-refractivity contribution is 6.08. The lowest BCUT2D eigenvalue weighted by atomic mass is 9.93. The van der Waals surface area contributed by atoms with Gasteiger partial charge in [-0.2, -0.15) is 0 Å². The molecule has 32 heavy (non-hydrogen) atoms. The molecule has 1 aliphatic rings. The molecule has 0 spiro atoms. The Morgan fingerprint density at radius 2 is 1.97 bits per heavy atom. The summed E-state index contributed by atoms with van der Waals surface area (Å²) < 4.78 is 11.7. The molecule has 1 amide bonds. The van der Waals surface area contributed by atoms with Crippen LogP contribution in [-0.4, -0.2) is 67.6 Å². The number of hydrogen-bond donors (Lipinski definition) is 0. The van der Waals surface area contributed by atoms with Gasteiger partial charge in [-0.15, -0.1) is 0 Å². The third-order valence-electron chi connectivity index (χ3n) is 6.21. The number of furan rings is 1. The Labute approximate surface area is 186 Å². The Kier molecular flexibility index (Phi) is 6.85. The average molecular weight is 437 g/mol. The molecule has 0 radical (unpaired) electrons. The van der Waals surface area contributed by atoms with Gasteiger partial charge >= 0.3 is 0 Å². The number of benzene rings is 2. The Morgan fingerprint density at radius 3 is 2.69 bits per heavy atom. The molecule has 0 bridgehead atoms. The predicted molar refractivity (Wildman–Crippen MR) is 122 cm³/mol. The SMILES string of the molecule is CC(=O)N1CCN(CCOc2ccc3c(ccc4occ(C(C=O)CCC=O)c43)c2)CC1. The fraction of sp³-hybridized carbons (Fsp3) is 0.400. The second kappa shape index (κ2) is 9.96. The number of nitrogens with zero attached hydrogens (tertiary/aromatic N) is 2. The number of piperazine rings is 1. The van der Waals surface area contributed by atoms with Crippen molar-refractivity contribution in [2.45, 2.75) is 25.7 Å². The van der Waals surface area contributed by atoms with Crippen LogP contribution < -0.4 is 4.74 Å². The molecule has 7 nitrogen and oxygen atoms in total. The molecule has 0 saturated carbocycles. The number of rotatable bonds is 9. The van der Waals surface area contributed by atoms with Crippen molar-refractivity contribution in [1.82, 2.24) is 9.80 Å². The second-order valence-corrected chi connectivity index (χ2v) is 8.20. The minimum Gasteiger partial charge on any atom is -0.492 e. The molecule has 168 valence electrons. The minimum atomic E-state index is -0.369. The lowest BCUT2D eigenvalue weighted by Gasteiger charge is -2.34. The van der Waals surface area contributed by atoms with Crippen LogP contribution in [0.5, 0.6) is 5.75 Å². The summed E-state index contributed by atoms with van der Waals surface area (Å²) in [5, 5.41) is 2.92. The number of fused-ring (bicyclic) bond motifs is 3. The van der Waals surface area contributed by atoms with Gasteiger partial charge in [0.15, 0.2) is 0 Å². The van der Waals surface area contributed by atoms with Gasteiger partial charge in [-0.3, -0.25) is 9.69 Å². The monoisotopic (exact) mass is 436 g/mol. The molecule has 1 atom stereocenters. The van der Waals surface area contributed by atoms with Gasteiger partial charge in [0.1, 0.15) is 30.5 Å². The molecule has 7 heteroatoms. The molecule has 4 rings (SSSR count). The third-order valence-corrected chi connectivity index (χ3v) is 6.21. The first-order chi connectivity index (χ1) is 15.6. The molecule has 1 aliphatic heterocycles. The smallest absolute Gasteiger partial charge is 0.219 e. The molecule has 0 aliphatic carbocycles. The van der Waals surface area contributed by atoms with Crippen molar-refractivity contribution >= 4 is 40.2 Å². The van der Waals surface area contributed by atoms with Gasteiger partial charge in [0.25, 0.3) is 0 Å². The fourth-order valence-corrected chi connectivity index (χ4v) is 4.36. The molecule has 2 heterocycles. The zero-order valence-electron chi connectivity index (χ0n) is 18.3. The first-order valence-electron chi connectivity index (χ1n) is 11.0. The lowest BCUT2D eigenvalue weighted by Crippen LogP contribution is -2.48. The molecule has 1 unspecified atom stereocenters. The summed E-state index contributed by atoms with van der Waals surface area (Å²) in [6.45, 7) is 6.26. The van der Waals surface area contributed by atoms with E-state index in [2.05, 4.69) is 4.90 Å². The van der Waals surface area contributed by atoms with E-state index in [9.17, 15) is 14.4 Å². The maximum absolute atomic E-state index is 11.6. The van der Waals surface area contributed by atoms with E-state index >= 15 is 0 Å². The Hall–Kier alpha value is -3.19. The Morgan fingerprint density at radius 1 is 1.16 bits per heavy atom. The number of aldehydes is 2. The van der Waals surface area contributed by atoms with E-state index in [1.807, 2.05) is 35.2 Å². The van der Waals surface area contributed by atoms with Crippen molar-refractivity contribution in [2.75, 3.05) is 39.3 Å². The third kappa shape index (κ3) is 4.67. The van der Waals surface area contributed by atoms with Crippen molar-refractivity contribution in [3.8, 4) is 5.75 Å². The van der Waals surface area contributed by atoms with Crippen LogP contribution in [0, 0.1) is 0 Å². The molecular weight excluding hydrogens is 408 g/mol. The van der Waals surface area contributed by atoms with Gasteiger partial charge in [-0.05, 0) is 41.5 Å². The lowest BCUT2D eigenvalue weighted by molar-refractivity contribution is -0.130. The topological polar surface area (TPSA) is 80.1 Å². The summed E-state index contributed by atoms with van der Waals surface area (Å²) in [5.41, 5.74) is 1.55. The summed E-state index contributed by atoms with van der Waals surface area (Å²) in [4.78, 5) is 38.0. The largest absolute Gasteiger partial charge is 0.492 e. The van der Waals surface area contributed by atoms with E-state index in [1.165, 1.54) is 0 Å². The Bertz CT molecular complexity index is 1110. The molecule has 1 fully saturated rings. The van der Waals surface area contributed by atoms with Crippen molar-refractivity contribution in [3.63, 3.8) is 0 Å². The van der Waals surface area contributed by atoms with E-state index in [-0.39, 0.29) is 11.8 Å². The van der Waals surface area contributed by atoms with Crippen LogP contribution in [0.1, 0.15) is 31.2 Å². The first kappa shape index (κ1) is 22.0. The number of carbonyl (C=O) groups is 3. The molecule has 3 aromatic rings. The average Bonchev–Trinajstić information content (AvgIpc) is 3.24. The number of carbonyl (C=O) groups excluding carboxylic acids is 3. The van der Waals surface area contributed by atoms with Crippen LogP contribution >= 0.6 is 0 Å². The van der Waals surface area contributed by atoms with Gasteiger partial charge in [0.05, 0.1) is 6.26 Å². The summed E-state index contributed by atoms with van der Waals surface area (Å²) in [7, 11) is 0. The van der Waals surface area contributed by atoms with Crippen molar-refractivity contribution in [2.24, 2.45) is 0 Å². The van der Waals surface area contributed by atoms with Crippen molar-refractivity contribution in [3.05, 3.63) is 42.2 Å². The van der Waals surface area contributed by atoms with E-state index in [0.717, 1.165) is 78.4 Å². The van der Waals surface area contributed by atoms with E-state index in [1.54, 1.807) is 13.2 Å². The van der Waals surface area contributed by atoms with E-state index in [0.29, 0.717) is 19.4 Å². The Balaban J connectivity index is 1.45. The normalized spacial score (nSPS) is 15.7. The molecule has 0 N–H and O–H groups in total. The standard InChI is InChI=1S/C25H28N2O5/c1-18(30)27-10-8-26(9-11-27)12-14-31-21-5-6-22-19(15-21)4-7-24-25(22)23(17-32-24)20(16-29)3-2-13-28/h4-7,13,15-17,20H,2-3,8-12,14H2,1H3. The van der Waals surface area contributed by atoms with E-state index < -0.39 is 0 Å². The van der Waals surface area contributed by atoms with Crippen LogP contribution in [0.4, 0.5) is 0 Å². The quantitative estimate of drug-likeness (QED) is 0.479. The van der Waals surface area contributed by atoms with Gasteiger partial charge < -0.3 is 23.6 Å². The number of amides is 1. The molecule has 1 aromatic heterocycles. The van der Waals surface area contributed by atoms with Gasteiger partial charge in [-0.25, -0.2) is 0 Å². The van der Waals surface area contributed by atoms with Crippen molar-refractivity contribution < 1.29 is 23.5 Å². The maximum Gasteiger partial charge on any atom is 0.219 e. The minimum absolute atomic E-state index is 0.134. The summed E-state index contributed by atoms with van der Waals surface area (Å²) in [5.74, 6) is 0.554. The van der Waals surface area contributed by atoms with Gasteiger partial charge in [0, 0.05) is 62.9 Å². The highest BCUT2D eigenvalue weighted by Gasteiger charge is 2.20. The summed E-state index contributed by atoms with van der Waals surface area (Å²) in [6.07, 6.45) is 4.16. The fourth-order valence-electron chi connectivity index (χ4n) is 4.36. The second-order valence-electron chi connectivity index (χ2n) is 8.20. The van der Waals surface area contributed by atoms with E-state index in [4.69, 9.17) is 9.15 Å². The summed E-state index contributed by atoms with van der Waals surface area (Å²) in [6, 6.07) is 9.83. The number of hydrogen-bond acceptors (Lipinski definition) is 6. The van der Waals surface area contributed by atoms with Crippen LogP contribution in [-0.2, 0) is 14.4 Å². The molecule has 1 saturated heterocycles. The zero-order chi connectivity index (χ0) is 22.5. The number of ether oxygens (including phenoxy) is 1. The first-order valence-corrected chi connectivity index (χ1v) is 11.0. The van der Waals surface area contributed by atoms with Crippen molar-refractivity contribution in [1.29, 1.82) is 0 Å². The van der Waals surface area contributed by atoms with Crippen LogP contribution in [0.25, 0.3) is 21.7 Å². The van der Waals surface area contributed by atoms with Gasteiger partial charge in [0.2, 0.25) is 5.91 Å². The van der Waals surface area contributed by atoms with Crippen LogP contribution in [0.3, 0.4) is 0 Å². The van der Waals surface area contributed by atoms with Crippen LogP contribution in [0.15, 0.2) is 41.0 Å². The zero-order valence-corrected chi connectivity index (χ0v) is 18.3.